The molecule has 5 rings (SSSR count). The van der Waals surface area contributed by atoms with Crippen molar-refractivity contribution in [2.24, 2.45) is 5.73 Å². The van der Waals surface area contributed by atoms with Gasteiger partial charge in [0.05, 0.1) is 26.8 Å². The normalized spacial score (nSPS) is 13.3. The van der Waals surface area contributed by atoms with Crippen molar-refractivity contribution in [1.82, 2.24) is 19.8 Å². The van der Waals surface area contributed by atoms with Crippen LogP contribution in [0.3, 0.4) is 0 Å². The molecule has 0 saturated heterocycles. The number of nitrogens with zero attached hydrogens (tertiary/aromatic N) is 4. The Morgan fingerprint density at radius 1 is 1.07 bits per heavy atom. The molecule has 0 aliphatic carbocycles. The second kappa shape index (κ2) is 6.85. The number of thiophene rings is 2. The summed E-state index contributed by atoms with van der Waals surface area (Å²) in [5.74, 6) is 0. The molecule has 4 aromatic heterocycles. The third-order valence-corrected chi connectivity index (χ3v) is 8.27. The number of sulfone groups is 1. The van der Waals surface area contributed by atoms with Crippen LogP contribution in [0.1, 0.15) is 16.6 Å². The first-order valence-corrected chi connectivity index (χ1v) is 12.0. The summed E-state index contributed by atoms with van der Waals surface area (Å²) >= 11 is 8.89. The third-order valence-electron chi connectivity index (χ3n) is 4.47. The number of fused-ring (bicyclic) bond motifs is 3. The maximum Gasteiger partial charge on any atom is 0.229 e. The van der Waals surface area contributed by atoms with Crippen LogP contribution in [0.15, 0.2) is 63.1 Å². The molecule has 0 radical (unpaired) electrons. The summed E-state index contributed by atoms with van der Waals surface area (Å²) in [6.07, 6.45) is 0. The van der Waals surface area contributed by atoms with E-state index in [1.54, 1.807) is 0 Å². The fourth-order valence-electron chi connectivity index (χ4n) is 3.06. The highest BCUT2D eigenvalue weighted by molar-refractivity contribution is 7.91. The van der Waals surface area contributed by atoms with Crippen molar-refractivity contribution in [3.63, 3.8) is 0 Å². The predicted octanol–water partition coefficient (Wildman–Crippen LogP) is 3.93. The van der Waals surface area contributed by atoms with E-state index in [-0.39, 0.29) is 15.6 Å². The summed E-state index contributed by atoms with van der Waals surface area (Å²) in [4.78, 5) is 5.63. The van der Waals surface area contributed by atoms with E-state index in [1.807, 2.05) is 29.0 Å². The standard InChI is InChI=1S/C18H12ClN5O2S3/c19-10-3-5-11(6-4-10)29(25,26)18-17-21-15(14(20)13-2-1-8-27-13)16-12(7-9-28-16)24(17)23-22-18/h1-9,14H,20H2. The largest absolute Gasteiger partial charge is 0.318 e. The van der Waals surface area contributed by atoms with Crippen LogP contribution in [-0.2, 0) is 9.84 Å². The first-order valence-electron chi connectivity index (χ1n) is 8.39. The molecule has 0 fully saturated rings. The molecule has 0 aliphatic rings. The molecule has 0 bridgehead atoms. The van der Waals surface area contributed by atoms with Crippen molar-refractivity contribution in [1.29, 1.82) is 0 Å². The van der Waals surface area contributed by atoms with Gasteiger partial charge in [0.25, 0.3) is 0 Å². The van der Waals surface area contributed by atoms with Gasteiger partial charge in [-0.05, 0) is 47.2 Å². The maximum absolute atomic E-state index is 13.2. The molecule has 1 aromatic carbocycles. The highest BCUT2D eigenvalue weighted by Crippen LogP contribution is 2.33. The Bertz CT molecular complexity index is 1440. The minimum absolute atomic E-state index is 0.0700. The van der Waals surface area contributed by atoms with Crippen LogP contribution in [0.5, 0.6) is 0 Å². The summed E-state index contributed by atoms with van der Waals surface area (Å²) in [6.45, 7) is 0. The van der Waals surface area contributed by atoms with E-state index < -0.39 is 15.9 Å². The van der Waals surface area contributed by atoms with E-state index in [9.17, 15) is 8.42 Å². The van der Waals surface area contributed by atoms with Crippen LogP contribution >= 0.6 is 34.3 Å². The van der Waals surface area contributed by atoms with E-state index in [1.165, 1.54) is 51.5 Å². The molecule has 0 spiro atoms. The lowest BCUT2D eigenvalue weighted by atomic mass is 10.1. The first-order chi connectivity index (χ1) is 14.0. The Labute approximate surface area is 178 Å². The van der Waals surface area contributed by atoms with Crippen LogP contribution in [0.4, 0.5) is 0 Å². The molecule has 0 amide bonds. The van der Waals surface area contributed by atoms with Gasteiger partial charge in [-0.1, -0.05) is 22.9 Å². The molecule has 7 nitrogen and oxygen atoms in total. The first kappa shape index (κ1) is 18.6. The molecule has 11 heteroatoms. The lowest BCUT2D eigenvalue weighted by Gasteiger charge is -2.11. The van der Waals surface area contributed by atoms with Gasteiger partial charge in [-0.2, -0.15) is 4.52 Å². The molecule has 5 aromatic rings. The van der Waals surface area contributed by atoms with Gasteiger partial charge in [0.15, 0.2) is 5.65 Å². The lowest BCUT2D eigenvalue weighted by Crippen LogP contribution is -2.14. The highest BCUT2D eigenvalue weighted by atomic mass is 35.5. The average Bonchev–Trinajstić information content (AvgIpc) is 3.46. The van der Waals surface area contributed by atoms with Crippen molar-refractivity contribution in [3.05, 3.63) is 68.8 Å². The Hall–Kier alpha value is -2.37. The van der Waals surface area contributed by atoms with Crippen LogP contribution < -0.4 is 5.73 Å². The number of benzene rings is 1. The van der Waals surface area contributed by atoms with Gasteiger partial charge >= 0.3 is 0 Å². The van der Waals surface area contributed by atoms with Gasteiger partial charge in [0.2, 0.25) is 14.9 Å². The van der Waals surface area contributed by atoms with E-state index in [0.717, 1.165) is 9.58 Å². The maximum atomic E-state index is 13.2. The zero-order valence-corrected chi connectivity index (χ0v) is 17.8. The summed E-state index contributed by atoms with van der Waals surface area (Å²) < 4.78 is 28.6. The van der Waals surface area contributed by atoms with Gasteiger partial charge in [0, 0.05) is 9.90 Å². The van der Waals surface area contributed by atoms with Crippen molar-refractivity contribution in [3.8, 4) is 0 Å². The van der Waals surface area contributed by atoms with Crippen LogP contribution in [-0.4, -0.2) is 28.2 Å². The van der Waals surface area contributed by atoms with Crippen molar-refractivity contribution >= 4 is 60.0 Å². The Morgan fingerprint density at radius 3 is 2.59 bits per heavy atom. The fraction of sp³-hybridized carbons (Fsp3) is 0.0556. The number of hydrogen-bond acceptors (Lipinski definition) is 8. The number of rotatable bonds is 4. The minimum atomic E-state index is -3.94. The summed E-state index contributed by atoms with van der Waals surface area (Å²) in [6, 6.07) is 11.1. The van der Waals surface area contributed by atoms with Crippen LogP contribution in [0.2, 0.25) is 5.02 Å². The lowest BCUT2D eigenvalue weighted by molar-refractivity contribution is 0.592. The van der Waals surface area contributed by atoms with E-state index >= 15 is 0 Å². The average molecular weight is 462 g/mol. The Balaban J connectivity index is 1.77. The van der Waals surface area contributed by atoms with Crippen molar-refractivity contribution < 1.29 is 8.42 Å². The fourth-order valence-corrected chi connectivity index (χ4v) is 6.05. The SMILES string of the molecule is NC(c1cccs1)c1nc2c(S(=O)(=O)c3ccc(Cl)cc3)nnn2c2ccsc12. The monoisotopic (exact) mass is 461 g/mol. The van der Waals surface area contributed by atoms with Gasteiger partial charge in [-0.3, -0.25) is 0 Å². The van der Waals surface area contributed by atoms with E-state index in [0.29, 0.717) is 16.2 Å². The number of halogens is 1. The molecule has 1 unspecified atom stereocenters. The molecular formula is C18H12ClN5O2S3. The smallest absolute Gasteiger partial charge is 0.229 e. The summed E-state index contributed by atoms with van der Waals surface area (Å²) in [5.41, 5.74) is 7.93. The molecule has 4 heterocycles. The van der Waals surface area contributed by atoms with Gasteiger partial charge < -0.3 is 5.73 Å². The second-order valence-corrected chi connectivity index (χ2v) is 10.4. The van der Waals surface area contributed by atoms with E-state index in [2.05, 4.69) is 15.3 Å². The number of hydrogen-bond donors (Lipinski definition) is 1. The molecular weight excluding hydrogens is 450 g/mol. The van der Waals surface area contributed by atoms with E-state index in [4.69, 9.17) is 17.3 Å². The topological polar surface area (TPSA) is 103 Å². The van der Waals surface area contributed by atoms with Crippen molar-refractivity contribution in [2.45, 2.75) is 16.0 Å². The molecule has 2 N–H and O–H groups in total. The van der Waals surface area contributed by atoms with Gasteiger partial charge in [-0.15, -0.1) is 27.8 Å². The zero-order chi connectivity index (χ0) is 20.2. The quantitative estimate of drug-likeness (QED) is 0.435. The summed E-state index contributed by atoms with van der Waals surface area (Å²) in [7, 11) is -3.94. The van der Waals surface area contributed by atoms with Gasteiger partial charge in [-0.25, -0.2) is 13.4 Å². The van der Waals surface area contributed by atoms with Gasteiger partial charge in [0.1, 0.15) is 0 Å². The molecule has 1 atom stereocenters. The molecule has 0 saturated carbocycles. The molecule has 29 heavy (non-hydrogen) atoms. The predicted molar refractivity (Wildman–Crippen MR) is 113 cm³/mol. The second-order valence-electron chi connectivity index (χ2n) is 6.21. The molecule has 146 valence electrons. The Kier molecular flexibility index (Phi) is 4.41. The number of aromatic nitrogens is 4. The minimum Gasteiger partial charge on any atom is -0.318 e. The third kappa shape index (κ3) is 2.95. The van der Waals surface area contributed by atoms with Crippen LogP contribution in [0, 0.1) is 0 Å². The highest BCUT2D eigenvalue weighted by Gasteiger charge is 2.28. The summed E-state index contributed by atoms with van der Waals surface area (Å²) in [5, 5.41) is 12.1. The Morgan fingerprint density at radius 2 is 1.86 bits per heavy atom. The van der Waals surface area contributed by atoms with Crippen molar-refractivity contribution in [2.75, 3.05) is 0 Å². The zero-order valence-electron chi connectivity index (χ0n) is 14.6. The number of nitrogens with two attached hydrogens (primary N) is 1. The van der Waals surface area contributed by atoms with Crippen LogP contribution in [0.25, 0.3) is 15.9 Å². The molecule has 0 aliphatic heterocycles.